The summed E-state index contributed by atoms with van der Waals surface area (Å²) in [5.74, 6) is 0.530. The molecular weight excluding hydrogens is 308 g/mol. The van der Waals surface area contributed by atoms with Gasteiger partial charge in [0.25, 0.3) is 0 Å². The van der Waals surface area contributed by atoms with E-state index in [9.17, 15) is 9.59 Å². The van der Waals surface area contributed by atoms with Crippen LogP contribution in [-0.4, -0.2) is 32.6 Å². The highest BCUT2D eigenvalue weighted by Gasteiger charge is 2.15. The van der Waals surface area contributed by atoms with E-state index in [2.05, 4.69) is 0 Å². The van der Waals surface area contributed by atoms with Gasteiger partial charge in [-0.1, -0.05) is 12.1 Å². The van der Waals surface area contributed by atoms with Crippen LogP contribution in [0.2, 0.25) is 0 Å². The Kier molecular flexibility index (Phi) is 5.58. The van der Waals surface area contributed by atoms with Crippen molar-refractivity contribution < 1.29 is 23.8 Å². The molecule has 2 aromatic carbocycles. The van der Waals surface area contributed by atoms with Gasteiger partial charge in [-0.2, -0.15) is 0 Å². The van der Waals surface area contributed by atoms with Crippen LogP contribution in [0.3, 0.4) is 0 Å². The van der Waals surface area contributed by atoms with E-state index in [0.717, 1.165) is 6.29 Å². The van der Waals surface area contributed by atoms with Gasteiger partial charge in [0.1, 0.15) is 11.5 Å². The molecule has 0 heterocycles. The maximum atomic E-state index is 11.9. The molecule has 24 heavy (non-hydrogen) atoms. The molecule has 0 bridgehead atoms. The van der Waals surface area contributed by atoms with E-state index in [4.69, 9.17) is 14.2 Å². The third kappa shape index (κ3) is 3.74. The zero-order chi connectivity index (χ0) is 17.7. The highest BCUT2D eigenvalue weighted by molar-refractivity contribution is 5.93. The number of hydrogen-bond acceptors (Lipinski definition) is 5. The lowest BCUT2D eigenvalue weighted by atomic mass is 9.99. The molecule has 0 atom stereocenters. The molecular formula is C19H20O5. The minimum absolute atomic E-state index is 0.0473. The third-order valence-corrected chi connectivity index (χ3v) is 3.39. The van der Waals surface area contributed by atoms with Crippen LogP contribution in [-0.2, 0) is 4.74 Å². The Bertz CT molecular complexity index is 749. The number of ether oxygens (including phenoxy) is 3. The molecule has 0 N–H and O–H groups in total. The maximum absolute atomic E-state index is 11.9. The molecule has 0 aliphatic heterocycles. The van der Waals surface area contributed by atoms with Gasteiger partial charge in [0.15, 0.2) is 6.29 Å². The molecule has 126 valence electrons. The molecule has 2 aromatic rings. The van der Waals surface area contributed by atoms with Gasteiger partial charge in [-0.15, -0.1) is 0 Å². The molecule has 0 spiro atoms. The van der Waals surface area contributed by atoms with Gasteiger partial charge >= 0.3 is 5.97 Å². The maximum Gasteiger partial charge on any atom is 0.338 e. The molecule has 0 amide bonds. The summed E-state index contributed by atoms with van der Waals surface area (Å²) in [5.41, 5.74) is 2.20. The predicted octanol–water partition coefficient (Wildman–Crippen LogP) is 3.75. The average Bonchev–Trinajstić information content (AvgIpc) is 2.59. The van der Waals surface area contributed by atoms with Crippen molar-refractivity contribution in [1.29, 1.82) is 0 Å². The molecule has 0 radical (unpaired) electrons. The SMILES string of the molecule is COC(=O)c1cc(OC(C)C)cc(-c2cccc(C=O)c2OC)c1. The average molecular weight is 328 g/mol. The zero-order valence-corrected chi connectivity index (χ0v) is 14.2. The highest BCUT2D eigenvalue weighted by atomic mass is 16.5. The summed E-state index contributed by atoms with van der Waals surface area (Å²) in [4.78, 5) is 23.2. The summed E-state index contributed by atoms with van der Waals surface area (Å²) < 4.78 is 15.9. The van der Waals surface area contributed by atoms with E-state index in [1.807, 2.05) is 19.9 Å². The largest absolute Gasteiger partial charge is 0.495 e. The van der Waals surface area contributed by atoms with Gasteiger partial charge in [0.05, 0.1) is 31.5 Å². The Hall–Kier alpha value is -2.82. The number of methoxy groups -OCH3 is 2. The molecule has 0 fully saturated rings. The first-order valence-electron chi connectivity index (χ1n) is 7.52. The number of hydrogen-bond donors (Lipinski definition) is 0. The van der Waals surface area contributed by atoms with Gasteiger partial charge in [-0.05, 0) is 43.7 Å². The first kappa shape index (κ1) is 17.5. The second-order valence-corrected chi connectivity index (χ2v) is 5.45. The lowest BCUT2D eigenvalue weighted by Gasteiger charge is -2.15. The Morgan fingerprint density at radius 2 is 1.88 bits per heavy atom. The van der Waals surface area contributed by atoms with Gasteiger partial charge in [-0.25, -0.2) is 4.79 Å². The number of para-hydroxylation sites is 1. The van der Waals surface area contributed by atoms with E-state index >= 15 is 0 Å². The van der Waals surface area contributed by atoms with Gasteiger partial charge in [-0.3, -0.25) is 4.79 Å². The molecule has 5 nitrogen and oxygen atoms in total. The summed E-state index contributed by atoms with van der Waals surface area (Å²) in [6.45, 7) is 3.80. The van der Waals surface area contributed by atoms with Crippen LogP contribution in [0, 0.1) is 0 Å². The summed E-state index contributed by atoms with van der Waals surface area (Å²) in [6, 6.07) is 10.4. The number of rotatable bonds is 6. The molecule has 0 aromatic heterocycles. The molecule has 0 aliphatic carbocycles. The normalized spacial score (nSPS) is 10.4. The zero-order valence-electron chi connectivity index (χ0n) is 14.2. The van der Waals surface area contributed by atoms with E-state index in [1.165, 1.54) is 14.2 Å². The Morgan fingerprint density at radius 3 is 2.46 bits per heavy atom. The van der Waals surface area contributed by atoms with Crippen molar-refractivity contribution in [3.63, 3.8) is 0 Å². The summed E-state index contributed by atoms with van der Waals surface area (Å²) in [6.07, 6.45) is 0.687. The van der Waals surface area contributed by atoms with Crippen LogP contribution in [0.25, 0.3) is 11.1 Å². The molecule has 0 saturated heterocycles. The van der Waals surface area contributed by atoms with Crippen LogP contribution in [0.5, 0.6) is 11.5 Å². The molecule has 2 rings (SSSR count). The van der Waals surface area contributed by atoms with Gasteiger partial charge in [0, 0.05) is 5.56 Å². The molecule has 5 heteroatoms. The van der Waals surface area contributed by atoms with Crippen molar-refractivity contribution in [2.24, 2.45) is 0 Å². The van der Waals surface area contributed by atoms with Crippen molar-refractivity contribution in [3.8, 4) is 22.6 Å². The van der Waals surface area contributed by atoms with Gasteiger partial charge < -0.3 is 14.2 Å². The first-order chi connectivity index (χ1) is 11.5. The second-order valence-electron chi connectivity index (χ2n) is 5.45. The molecule has 0 aliphatic rings. The summed E-state index contributed by atoms with van der Waals surface area (Å²) in [5, 5.41) is 0. The Labute approximate surface area is 141 Å². The smallest absolute Gasteiger partial charge is 0.338 e. The Morgan fingerprint density at radius 1 is 1.12 bits per heavy atom. The van der Waals surface area contributed by atoms with E-state index in [-0.39, 0.29) is 6.10 Å². The van der Waals surface area contributed by atoms with Crippen molar-refractivity contribution in [2.45, 2.75) is 20.0 Å². The topological polar surface area (TPSA) is 61.8 Å². The summed E-state index contributed by atoms with van der Waals surface area (Å²) >= 11 is 0. The lowest BCUT2D eigenvalue weighted by Crippen LogP contribution is -2.08. The number of carbonyl (C=O) groups is 2. The number of aldehydes is 1. The van der Waals surface area contributed by atoms with E-state index in [0.29, 0.717) is 33.8 Å². The van der Waals surface area contributed by atoms with Crippen LogP contribution in [0.15, 0.2) is 36.4 Å². The third-order valence-electron chi connectivity index (χ3n) is 3.39. The number of benzene rings is 2. The highest BCUT2D eigenvalue weighted by Crippen LogP contribution is 2.35. The van der Waals surface area contributed by atoms with E-state index < -0.39 is 5.97 Å². The second kappa shape index (κ2) is 7.64. The molecule has 0 unspecified atom stereocenters. The fraction of sp³-hybridized carbons (Fsp3) is 0.263. The van der Waals surface area contributed by atoms with Crippen LogP contribution >= 0.6 is 0 Å². The summed E-state index contributed by atoms with van der Waals surface area (Å²) in [7, 11) is 2.83. The first-order valence-corrected chi connectivity index (χ1v) is 7.52. The van der Waals surface area contributed by atoms with Crippen LogP contribution in [0.4, 0.5) is 0 Å². The minimum atomic E-state index is -0.462. The van der Waals surface area contributed by atoms with Crippen LogP contribution < -0.4 is 9.47 Å². The van der Waals surface area contributed by atoms with Gasteiger partial charge in [0.2, 0.25) is 0 Å². The minimum Gasteiger partial charge on any atom is -0.495 e. The predicted molar refractivity (Wildman–Crippen MR) is 90.9 cm³/mol. The molecule has 0 saturated carbocycles. The van der Waals surface area contributed by atoms with Crippen molar-refractivity contribution in [3.05, 3.63) is 47.5 Å². The van der Waals surface area contributed by atoms with Crippen LogP contribution in [0.1, 0.15) is 34.6 Å². The Balaban J connectivity index is 2.65. The van der Waals surface area contributed by atoms with Crippen molar-refractivity contribution in [1.82, 2.24) is 0 Å². The quantitative estimate of drug-likeness (QED) is 0.597. The number of carbonyl (C=O) groups excluding carboxylic acids is 2. The van der Waals surface area contributed by atoms with E-state index in [1.54, 1.807) is 30.3 Å². The standard InChI is InChI=1S/C19H20O5/c1-12(2)24-16-9-14(8-15(10-16)19(21)23-4)17-7-5-6-13(11-20)18(17)22-3/h5-12H,1-4H3. The fourth-order valence-electron chi connectivity index (χ4n) is 2.43. The fourth-order valence-corrected chi connectivity index (χ4v) is 2.43. The van der Waals surface area contributed by atoms with Crippen molar-refractivity contribution >= 4 is 12.3 Å². The van der Waals surface area contributed by atoms with Crippen molar-refractivity contribution in [2.75, 3.05) is 14.2 Å². The number of esters is 1. The monoisotopic (exact) mass is 328 g/mol. The lowest BCUT2D eigenvalue weighted by molar-refractivity contribution is 0.0600.